The van der Waals surface area contributed by atoms with Crippen molar-refractivity contribution in [2.24, 2.45) is 7.05 Å². The number of nitriles is 1. The van der Waals surface area contributed by atoms with E-state index in [1.54, 1.807) is 41.5 Å². The predicted octanol–water partition coefficient (Wildman–Crippen LogP) is 1.38. The number of carbonyl (C=O) groups is 1. The molecule has 3 aromatic rings. The van der Waals surface area contributed by atoms with Gasteiger partial charge in [-0.25, -0.2) is 9.97 Å². The minimum Gasteiger partial charge on any atom is -0.353 e. The Morgan fingerprint density at radius 1 is 1.24 bits per heavy atom. The van der Waals surface area contributed by atoms with Crippen LogP contribution in [-0.4, -0.2) is 62.8 Å². The molecule has 1 aromatic carbocycles. The van der Waals surface area contributed by atoms with Gasteiger partial charge in [-0.15, -0.1) is 0 Å². The first kappa shape index (κ1) is 18.8. The number of hydrogen-bond donors (Lipinski definition) is 1. The summed E-state index contributed by atoms with van der Waals surface area (Å²) in [5.74, 6) is 0.804. The van der Waals surface area contributed by atoms with Crippen molar-refractivity contribution in [2.75, 3.05) is 36.4 Å². The number of nitrogens with one attached hydrogen (secondary N) is 1. The van der Waals surface area contributed by atoms with Crippen LogP contribution >= 0.6 is 0 Å². The number of fused-ring (bicyclic) bond motifs is 1. The molecule has 1 aliphatic heterocycles. The number of anilines is 2. The molecule has 1 aliphatic rings. The van der Waals surface area contributed by atoms with Crippen LogP contribution in [0.1, 0.15) is 12.5 Å². The third kappa shape index (κ3) is 3.75. The zero-order chi connectivity index (χ0) is 20.4. The zero-order valence-corrected chi connectivity index (χ0v) is 16.4. The van der Waals surface area contributed by atoms with E-state index in [9.17, 15) is 4.79 Å². The Morgan fingerprint density at radius 3 is 2.79 bits per heavy atom. The summed E-state index contributed by atoms with van der Waals surface area (Å²) in [6, 6.07) is 8.75. The number of carbonyl (C=O) groups excluding carboxylic acids is 1. The molecule has 0 spiro atoms. The maximum Gasteiger partial charge on any atom is 0.241 e. The molecule has 0 bridgehead atoms. The van der Waals surface area contributed by atoms with Crippen molar-refractivity contribution in [2.45, 2.75) is 13.0 Å². The topological polar surface area (TPSA) is 103 Å². The molecule has 9 nitrogen and oxygen atoms in total. The lowest BCUT2D eigenvalue weighted by Crippen LogP contribution is -2.53. The lowest BCUT2D eigenvalue weighted by Gasteiger charge is -2.38. The fraction of sp³-hybridized carbons (Fsp3) is 0.350. The molecule has 1 fully saturated rings. The maximum atomic E-state index is 12.7. The molecule has 148 valence electrons. The van der Waals surface area contributed by atoms with Gasteiger partial charge in [-0.05, 0) is 25.1 Å². The van der Waals surface area contributed by atoms with Gasteiger partial charge in [0, 0.05) is 38.9 Å². The first-order chi connectivity index (χ1) is 14.1. The van der Waals surface area contributed by atoms with Crippen molar-refractivity contribution in [1.29, 1.82) is 5.26 Å². The lowest BCUT2D eigenvalue weighted by molar-refractivity contribution is -0.120. The van der Waals surface area contributed by atoms with E-state index in [2.05, 4.69) is 36.3 Å². The maximum absolute atomic E-state index is 12.7. The van der Waals surface area contributed by atoms with Crippen LogP contribution in [0.2, 0.25) is 0 Å². The molecule has 2 aromatic heterocycles. The van der Waals surface area contributed by atoms with Crippen LogP contribution in [0.4, 0.5) is 11.5 Å². The smallest absolute Gasteiger partial charge is 0.241 e. The molecule has 1 atom stereocenters. The Balaban J connectivity index is 1.39. The molecule has 9 heteroatoms. The molecule has 1 unspecified atom stereocenters. The van der Waals surface area contributed by atoms with Crippen molar-refractivity contribution >= 4 is 28.4 Å². The van der Waals surface area contributed by atoms with Gasteiger partial charge in [-0.2, -0.15) is 10.4 Å². The second-order valence-corrected chi connectivity index (χ2v) is 7.08. The van der Waals surface area contributed by atoms with Crippen LogP contribution in [-0.2, 0) is 11.8 Å². The minimum absolute atomic E-state index is 0.0785. The molecule has 0 saturated carbocycles. The largest absolute Gasteiger partial charge is 0.353 e. The van der Waals surface area contributed by atoms with E-state index in [1.165, 1.54) is 0 Å². The summed E-state index contributed by atoms with van der Waals surface area (Å²) in [6.07, 6.45) is 3.36. The van der Waals surface area contributed by atoms with Gasteiger partial charge in [-0.1, -0.05) is 6.07 Å². The SMILES string of the molecule is CC(C(=O)Nc1cccc(C#N)c1)N1CCN(c2ncnc3c2cnn3C)CC1. The zero-order valence-electron chi connectivity index (χ0n) is 16.4. The number of rotatable bonds is 4. The highest BCUT2D eigenvalue weighted by Gasteiger charge is 2.27. The highest BCUT2D eigenvalue weighted by atomic mass is 16.2. The molecule has 1 N–H and O–H groups in total. The van der Waals surface area contributed by atoms with Gasteiger partial charge in [0.15, 0.2) is 5.65 Å². The Labute approximate surface area is 168 Å². The second-order valence-electron chi connectivity index (χ2n) is 7.08. The molecule has 4 rings (SSSR count). The summed E-state index contributed by atoms with van der Waals surface area (Å²) < 4.78 is 1.74. The van der Waals surface area contributed by atoms with E-state index >= 15 is 0 Å². The minimum atomic E-state index is -0.272. The molecule has 29 heavy (non-hydrogen) atoms. The van der Waals surface area contributed by atoms with Crippen LogP contribution < -0.4 is 10.2 Å². The number of piperazine rings is 1. The Hall–Kier alpha value is -3.51. The van der Waals surface area contributed by atoms with Crippen LogP contribution in [0.25, 0.3) is 11.0 Å². The van der Waals surface area contributed by atoms with Crippen LogP contribution in [0.5, 0.6) is 0 Å². The average molecular weight is 390 g/mol. The number of aryl methyl sites for hydroxylation is 1. The first-order valence-corrected chi connectivity index (χ1v) is 9.49. The van der Waals surface area contributed by atoms with Crippen molar-refractivity contribution in [3.63, 3.8) is 0 Å². The van der Waals surface area contributed by atoms with Gasteiger partial charge < -0.3 is 10.2 Å². The summed E-state index contributed by atoms with van der Waals surface area (Å²) in [7, 11) is 1.86. The molecule has 0 aliphatic carbocycles. The second kappa shape index (κ2) is 7.85. The van der Waals surface area contributed by atoms with E-state index in [0.29, 0.717) is 11.3 Å². The van der Waals surface area contributed by atoms with Gasteiger partial charge in [-0.3, -0.25) is 14.4 Å². The summed E-state index contributed by atoms with van der Waals surface area (Å²) in [4.78, 5) is 25.8. The lowest BCUT2D eigenvalue weighted by atomic mass is 10.2. The number of hydrogen-bond acceptors (Lipinski definition) is 7. The number of benzene rings is 1. The molecule has 1 amide bonds. The fourth-order valence-electron chi connectivity index (χ4n) is 3.60. The summed E-state index contributed by atoms with van der Waals surface area (Å²) in [5.41, 5.74) is 1.97. The Kier molecular flexibility index (Phi) is 5.10. The molecular formula is C20H22N8O. The number of amides is 1. The summed E-state index contributed by atoms with van der Waals surface area (Å²) >= 11 is 0. The standard InChI is InChI=1S/C20H22N8O/c1-14(20(29)25-16-5-3-4-15(10-16)11-21)27-6-8-28(9-7-27)19-17-12-24-26(2)18(17)22-13-23-19/h3-5,10,12-14H,6-9H2,1-2H3,(H,25,29). The number of aromatic nitrogens is 4. The Bertz CT molecular complexity index is 1080. The third-order valence-electron chi connectivity index (χ3n) is 5.31. The third-order valence-corrected chi connectivity index (χ3v) is 5.31. The highest BCUT2D eigenvalue weighted by Crippen LogP contribution is 2.23. The first-order valence-electron chi connectivity index (χ1n) is 9.49. The van der Waals surface area contributed by atoms with Gasteiger partial charge in [0.05, 0.1) is 29.3 Å². The molecular weight excluding hydrogens is 368 g/mol. The van der Waals surface area contributed by atoms with Gasteiger partial charge in [0.25, 0.3) is 0 Å². The molecule has 0 radical (unpaired) electrons. The van der Waals surface area contributed by atoms with Gasteiger partial charge in [0.1, 0.15) is 12.1 Å². The van der Waals surface area contributed by atoms with E-state index in [0.717, 1.165) is 43.0 Å². The average Bonchev–Trinajstić information content (AvgIpc) is 3.14. The van der Waals surface area contributed by atoms with E-state index < -0.39 is 0 Å². The van der Waals surface area contributed by atoms with Crippen LogP contribution in [0.15, 0.2) is 36.8 Å². The van der Waals surface area contributed by atoms with E-state index in [-0.39, 0.29) is 11.9 Å². The van der Waals surface area contributed by atoms with Crippen LogP contribution in [0.3, 0.4) is 0 Å². The predicted molar refractivity (Wildman–Crippen MR) is 109 cm³/mol. The van der Waals surface area contributed by atoms with Crippen molar-refractivity contribution in [3.05, 3.63) is 42.4 Å². The van der Waals surface area contributed by atoms with E-state index in [1.807, 2.05) is 14.0 Å². The van der Waals surface area contributed by atoms with Gasteiger partial charge in [0.2, 0.25) is 5.91 Å². The monoisotopic (exact) mass is 390 g/mol. The summed E-state index contributed by atoms with van der Waals surface area (Å²) in [6.45, 7) is 4.94. The van der Waals surface area contributed by atoms with Gasteiger partial charge >= 0.3 is 0 Å². The molecule has 1 saturated heterocycles. The quantitative estimate of drug-likeness (QED) is 0.718. The highest BCUT2D eigenvalue weighted by molar-refractivity contribution is 5.94. The fourth-order valence-corrected chi connectivity index (χ4v) is 3.60. The number of nitrogens with zero attached hydrogens (tertiary/aromatic N) is 7. The Morgan fingerprint density at radius 2 is 2.03 bits per heavy atom. The van der Waals surface area contributed by atoms with Crippen molar-refractivity contribution in [1.82, 2.24) is 24.6 Å². The van der Waals surface area contributed by atoms with E-state index in [4.69, 9.17) is 5.26 Å². The van der Waals surface area contributed by atoms with Crippen LogP contribution in [0, 0.1) is 11.3 Å². The molecule has 3 heterocycles. The van der Waals surface area contributed by atoms with Crippen molar-refractivity contribution in [3.8, 4) is 6.07 Å². The van der Waals surface area contributed by atoms with Crippen molar-refractivity contribution < 1.29 is 4.79 Å². The normalized spacial score (nSPS) is 15.8. The summed E-state index contributed by atoms with van der Waals surface area (Å²) in [5, 5.41) is 17.1.